The van der Waals surface area contributed by atoms with Gasteiger partial charge < -0.3 is 14.7 Å². The van der Waals surface area contributed by atoms with Crippen LogP contribution in [0.3, 0.4) is 0 Å². The quantitative estimate of drug-likeness (QED) is 0.398. The van der Waals surface area contributed by atoms with Gasteiger partial charge >= 0.3 is 5.97 Å². The summed E-state index contributed by atoms with van der Waals surface area (Å²) in [5.41, 5.74) is 3.49. The number of carbonyl (C=O) groups is 1. The summed E-state index contributed by atoms with van der Waals surface area (Å²) in [6, 6.07) is 16.3. The van der Waals surface area contributed by atoms with E-state index in [0.717, 1.165) is 62.4 Å². The first-order chi connectivity index (χ1) is 16.5. The van der Waals surface area contributed by atoms with Gasteiger partial charge in [-0.05, 0) is 61.9 Å². The summed E-state index contributed by atoms with van der Waals surface area (Å²) in [5, 5.41) is 10.5. The molecule has 1 N–H and O–H groups in total. The number of benzene rings is 2. The molecule has 2 aromatic rings. The van der Waals surface area contributed by atoms with Crippen molar-refractivity contribution in [2.24, 2.45) is 5.92 Å². The molecule has 2 aliphatic heterocycles. The van der Waals surface area contributed by atoms with Crippen molar-refractivity contribution in [1.82, 2.24) is 4.90 Å². The SMILES string of the molecule is C/C=C(\C)[C@](C(=O)O)(c1ccccc1)C1CCN(CCc2ccc3c(c2)CCO3)C1.C=CC=C. The minimum Gasteiger partial charge on any atom is -0.493 e. The molecular formula is C30H37NO3. The first-order valence-corrected chi connectivity index (χ1v) is 12.1. The van der Waals surface area contributed by atoms with Crippen LogP contribution >= 0.6 is 0 Å². The highest BCUT2D eigenvalue weighted by atomic mass is 16.5. The van der Waals surface area contributed by atoms with E-state index in [9.17, 15) is 9.90 Å². The number of carboxylic acid groups (broad SMARTS) is 1. The fourth-order valence-electron chi connectivity index (χ4n) is 5.25. The Hall–Kier alpha value is -3.11. The number of aliphatic carboxylic acids is 1. The molecule has 0 radical (unpaired) electrons. The molecule has 1 saturated heterocycles. The third kappa shape index (κ3) is 5.34. The molecule has 2 aliphatic rings. The number of fused-ring (bicyclic) bond motifs is 1. The largest absolute Gasteiger partial charge is 0.493 e. The Morgan fingerprint density at radius 3 is 2.59 bits per heavy atom. The number of allylic oxidation sites excluding steroid dienone is 3. The molecule has 0 aromatic heterocycles. The zero-order valence-electron chi connectivity index (χ0n) is 20.5. The van der Waals surface area contributed by atoms with E-state index in [0.29, 0.717) is 0 Å². The minimum absolute atomic E-state index is 0.0574. The molecule has 0 bridgehead atoms. The van der Waals surface area contributed by atoms with Crippen LogP contribution in [-0.4, -0.2) is 42.2 Å². The van der Waals surface area contributed by atoms with Crippen LogP contribution in [-0.2, 0) is 23.1 Å². The van der Waals surface area contributed by atoms with E-state index < -0.39 is 11.4 Å². The number of carboxylic acids is 1. The van der Waals surface area contributed by atoms with Gasteiger partial charge in [0.1, 0.15) is 11.2 Å². The lowest BCUT2D eigenvalue weighted by atomic mass is 9.65. The first-order valence-electron chi connectivity index (χ1n) is 12.1. The maximum absolute atomic E-state index is 12.7. The summed E-state index contributed by atoms with van der Waals surface area (Å²) in [5.74, 6) is 0.340. The standard InChI is InChI=1S/C26H31NO3.C4H6/c1-3-19(2)26(25(28)29,22-7-5-4-6-8-22)23-12-15-27(18-23)14-11-20-9-10-24-21(17-20)13-16-30-24;1-3-4-2/h3-10,17,23H,11-16,18H2,1-2H3,(H,28,29);3-4H,1-2H2/b19-3+;/t23?,26-;/m0./s1. The summed E-state index contributed by atoms with van der Waals surface area (Å²) < 4.78 is 5.61. The van der Waals surface area contributed by atoms with Gasteiger partial charge in [0.25, 0.3) is 0 Å². The molecular weight excluding hydrogens is 422 g/mol. The van der Waals surface area contributed by atoms with Gasteiger partial charge in [0.2, 0.25) is 0 Å². The molecule has 0 amide bonds. The number of hydrogen-bond acceptors (Lipinski definition) is 3. The molecule has 4 heteroatoms. The monoisotopic (exact) mass is 459 g/mol. The van der Waals surface area contributed by atoms with Crippen LogP contribution in [0.25, 0.3) is 0 Å². The maximum Gasteiger partial charge on any atom is 0.318 e. The normalized spacial score (nSPS) is 19.2. The van der Waals surface area contributed by atoms with E-state index in [4.69, 9.17) is 4.74 Å². The molecule has 34 heavy (non-hydrogen) atoms. The van der Waals surface area contributed by atoms with Crippen molar-refractivity contribution in [3.63, 3.8) is 0 Å². The molecule has 0 saturated carbocycles. The van der Waals surface area contributed by atoms with E-state index in [-0.39, 0.29) is 5.92 Å². The Morgan fingerprint density at radius 1 is 1.21 bits per heavy atom. The molecule has 0 aliphatic carbocycles. The average molecular weight is 460 g/mol. The smallest absolute Gasteiger partial charge is 0.318 e. The Morgan fingerprint density at radius 2 is 1.94 bits per heavy atom. The molecule has 180 valence electrons. The van der Waals surface area contributed by atoms with E-state index in [1.165, 1.54) is 11.1 Å². The van der Waals surface area contributed by atoms with Crippen molar-refractivity contribution in [1.29, 1.82) is 0 Å². The van der Waals surface area contributed by atoms with Gasteiger partial charge in [0, 0.05) is 19.5 Å². The molecule has 2 heterocycles. The second-order valence-electron chi connectivity index (χ2n) is 9.00. The van der Waals surface area contributed by atoms with Gasteiger partial charge in [-0.25, -0.2) is 0 Å². The second kappa shape index (κ2) is 11.8. The maximum atomic E-state index is 12.7. The van der Waals surface area contributed by atoms with Crippen molar-refractivity contribution in [3.8, 4) is 5.75 Å². The lowest BCUT2D eigenvalue weighted by Gasteiger charge is -2.37. The van der Waals surface area contributed by atoms with Crippen molar-refractivity contribution in [3.05, 3.63) is 102 Å². The first kappa shape index (κ1) is 25.5. The molecule has 0 spiro atoms. The highest BCUT2D eigenvalue weighted by molar-refractivity contribution is 5.86. The Kier molecular flexibility index (Phi) is 8.89. The summed E-state index contributed by atoms with van der Waals surface area (Å²) in [7, 11) is 0. The second-order valence-corrected chi connectivity index (χ2v) is 9.00. The number of rotatable bonds is 8. The third-order valence-electron chi connectivity index (χ3n) is 7.14. The predicted octanol–water partition coefficient (Wildman–Crippen LogP) is 5.83. The van der Waals surface area contributed by atoms with Crippen LogP contribution in [0.15, 0.2) is 85.5 Å². The van der Waals surface area contributed by atoms with Gasteiger partial charge in [-0.2, -0.15) is 0 Å². The van der Waals surface area contributed by atoms with Gasteiger partial charge in [-0.3, -0.25) is 4.79 Å². The molecule has 1 fully saturated rings. The van der Waals surface area contributed by atoms with Crippen LogP contribution in [0.5, 0.6) is 5.75 Å². The Bertz CT molecular complexity index is 1020. The number of likely N-dealkylation sites (tertiary alicyclic amines) is 1. The number of ether oxygens (including phenoxy) is 1. The van der Waals surface area contributed by atoms with Crippen LogP contribution in [0, 0.1) is 5.92 Å². The lowest BCUT2D eigenvalue weighted by molar-refractivity contribution is -0.144. The summed E-state index contributed by atoms with van der Waals surface area (Å²) in [6.07, 6.45) is 8.12. The third-order valence-corrected chi connectivity index (χ3v) is 7.14. The van der Waals surface area contributed by atoms with Crippen molar-refractivity contribution < 1.29 is 14.6 Å². The highest BCUT2D eigenvalue weighted by Crippen LogP contribution is 2.44. The number of hydrogen-bond donors (Lipinski definition) is 1. The molecule has 2 atom stereocenters. The topological polar surface area (TPSA) is 49.8 Å². The van der Waals surface area contributed by atoms with Crippen molar-refractivity contribution >= 4 is 5.97 Å². The van der Waals surface area contributed by atoms with Crippen molar-refractivity contribution in [2.75, 3.05) is 26.2 Å². The van der Waals surface area contributed by atoms with Crippen molar-refractivity contribution in [2.45, 2.75) is 38.5 Å². The fraction of sp³-hybridized carbons (Fsp3) is 0.367. The lowest BCUT2D eigenvalue weighted by Crippen LogP contribution is -2.45. The van der Waals surface area contributed by atoms with E-state index >= 15 is 0 Å². The molecule has 4 rings (SSSR count). The van der Waals surface area contributed by atoms with Crippen LogP contribution < -0.4 is 4.74 Å². The predicted molar refractivity (Wildman–Crippen MR) is 139 cm³/mol. The Balaban J connectivity index is 0.000000751. The Labute approximate surface area is 204 Å². The minimum atomic E-state index is -0.963. The van der Waals surface area contributed by atoms with E-state index in [1.807, 2.05) is 50.3 Å². The van der Waals surface area contributed by atoms with Crippen LogP contribution in [0.4, 0.5) is 0 Å². The van der Waals surface area contributed by atoms with Gasteiger partial charge in [-0.1, -0.05) is 79.4 Å². The molecule has 2 aromatic carbocycles. The zero-order chi connectivity index (χ0) is 24.6. The van der Waals surface area contributed by atoms with E-state index in [2.05, 4.69) is 36.3 Å². The van der Waals surface area contributed by atoms with Crippen LogP contribution in [0.2, 0.25) is 0 Å². The summed E-state index contributed by atoms with van der Waals surface area (Å²) >= 11 is 0. The molecule has 4 nitrogen and oxygen atoms in total. The number of nitrogens with zero attached hydrogens (tertiary/aromatic N) is 1. The van der Waals surface area contributed by atoms with Gasteiger partial charge in [0.15, 0.2) is 0 Å². The average Bonchev–Trinajstić information content (AvgIpc) is 3.53. The highest BCUT2D eigenvalue weighted by Gasteiger charge is 2.50. The summed E-state index contributed by atoms with van der Waals surface area (Å²) in [4.78, 5) is 15.2. The zero-order valence-corrected chi connectivity index (χ0v) is 20.5. The molecule has 1 unspecified atom stereocenters. The van der Waals surface area contributed by atoms with Gasteiger partial charge in [-0.15, -0.1) is 0 Å². The van der Waals surface area contributed by atoms with E-state index in [1.54, 1.807) is 12.2 Å². The van der Waals surface area contributed by atoms with Gasteiger partial charge in [0.05, 0.1) is 6.61 Å². The summed E-state index contributed by atoms with van der Waals surface area (Å²) in [6.45, 7) is 14.1. The fourth-order valence-corrected chi connectivity index (χ4v) is 5.25. The van der Waals surface area contributed by atoms with Crippen LogP contribution in [0.1, 0.15) is 37.0 Å².